The number of aromatic nitrogens is 3. The van der Waals surface area contributed by atoms with Crippen molar-refractivity contribution in [1.29, 1.82) is 0 Å². The van der Waals surface area contributed by atoms with E-state index in [1.54, 1.807) is 49.4 Å². The SMILES string of the molecule is CNC(=O)[C@@]1(C)COc2c1cc([C@@](O)(CNC(=O)c1cc(OC)c3nn(C4CC4)cc3c1)c1ccccc1)nc2-c1cc(Cl)c(F)cc1F. The number of likely N-dealkylation sites (N-methyl/N-ethyl adjacent to an activating group) is 1. The molecule has 2 aromatic heterocycles. The zero-order valence-corrected chi connectivity index (χ0v) is 27.6. The Morgan fingerprint density at radius 1 is 1.14 bits per heavy atom. The van der Waals surface area contributed by atoms with E-state index in [2.05, 4.69) is 20.7 Å². The number of halogens is 3. The van der Waals surface area contributed by atoms with Crippen LogP contribution in [0.25, 0.3) is 22.2 Å². The van der Waals surface area contributed by atoms with Gasteiger partial charge < -0.3 is 25.2 Å². The van der Waals surface area contributed by atoms with Crippen molar-refractivity contribution in [1.82, 2.24) is 25.4 Å². The molecular formula is C36H32ClF2N5O5. The molecule has 0 radical (unpaired) electrons. The molecule has 1 fully saturated rings. The van der Waals surface area contributed by atoms with Gasteiger partial charge in [0, 0.05) is 41.4 Å². The number of carbonyl (C=O) groups excluding carboxylic acids is 2. The van der Waals surface area contributed by atoms with Crippen LogP contribution in [0.1, 0.15) is 53.0 Å². The van der Waals surface area contributed by atoms with Gasteiger partial charge in [0.05, 0.1) is 30.4 Å². The lowest BCUT2D eigenvalue weighted by atomic mass is 9.80. The number of methoxy groups -OCH3 is 1. The summed E-state index contributed by atoms with van der Waals surface area (Å²) < 4.78 is 43.0. The van der Waals surface area contributed by atoms with Crippen molar-refractivity contribution in [3.63, 3.8) is 0 Å². The van der Waals surface area contributed by atoms with Crippen LogP contribution < -0.4 is 20.1 Å². The summed E-state index contributed by atoms with van der Waals surface area (Å²) in [7, 11) is 2.98. The number of pyridine rings is 1. The molecule has 2 aliphatic rings. The number of benzene rings is 3. The van der Waals surface area contributed by atoms with Gasteiger partial charge in [-0.25, -0.2) is 13.8 Å². The molecule has 1 saturated carbocycles. The molecule has 1 aliphatic heterocycles. The van der Waals surface area contributed by atoms with Gasteiger partial charge in [0.25, 0.3) is 5.91 Å². The molecule has 7 rings (SSSR count). The molecular weight excluding hydrogens is 656 g/mol. The fourth-order valence-corrected chi connectivity index (χ4v) is 6.41. The molecule has 10 nitrogen and oxygen atoms in total. The fraction of sp³-hybridized carbons (Fsp3) is 0.278. The van der Waals surface area contributed by atoms with Crippen molar-refractivity contribution in [2.45, 2.75) is 36.8 Å². The fourth-order valence-electron chi connectivity index (χ4n) is 6.24. The lowest BCUT2D eigenvalue weighted by Gasteiger charge is -2.30. The number of fused-ring (bicyclic) bond motifs is 2. The number of aliphatic hydroxyl groups is 1. The summed E-state index contributed by atoms with van der Waals surface area (Å²) in [6.45, 7) is 1.16. The van der Waals surface area contributed by atoms with Crippen molar-refractivity contribution in [3.05, 3.63) is 106 Å². The smallest absolute Gasteiger partial charge is 0.251 e. The summed E-state index contributed by atoms with van der Waals surface area (Å²) in [4.78, 5) is 31.6. The Hall–Kier alpha value is -5.07. The number of ether oxygens (including phenoxy) is 2. The predicted molar refractivity (Wildman–Crippen MR) is 178 cm³/mol. The van der Waals surface area contributed by atoms with Crippen LogP contribution in [-0.4, -0.2) is 59.0 Å². The van der Waals surface area contributed by atoms with Crippen molar-refractivity contribution >= 4 is 34.3 Å². The van der Waals surface area contributed by atoms with E-state index in [-0.39, 0.29) is 46.4 Å². The van der Waals surface area contributed by atoms with Crippen LogP contribution in [0.5, 0.6) is 11.5 Å². The first kappa shape index (κ1) is 32.5. The number of nitrogens with zero attached hydrogens (tertiary/aromatic N) is 3. The van der Waals surface area contributed by atoms with Crippen LogP contribution in [0.3, 0.4) is 0 Å². The summed E-state index contributed by atoms with van der Waals surface area (Å²) in [5, 5.41) is 23.1. The van der Waals surface area contributed by atoms with Crippen LogP contribution in [0.15, 0.2) is 66.9 Å². The highest BCUT2D eigenvalue weighted by Gasteiger charge is 2.47. The van der Waals surface area contributed by atoms with Crippen molar-refractivity contribution in [3.8, 4) is 22.8 Å². The van der Waals surface area contributed by atoms with Gasteiger partial charge in [-0.2, -0.15) is 5.10 Å². The van der Waals surface area contributed by atoms with Gasteiger partial charge in [-0.05, 0) is 49.6 Å². The minimum absolute atomic E-state index is 0.0213. The Bertz CT molecular complexity index is 2140. The van der Waals surface area contributed by atoms with E-state index in [1.807, 2.05) is 10.9 Å². The molecule has 2 atom stereocenters. The first-order valence-electron chi connectivity index (χ1n) is 15.7. The van der Waals surface area contributed by atoms with Crippen LogP contribution in [-0.2, 0) is 15.8 Å². The van der Waals surface area contributed by atoms with E-state index in [1.165, 1.54) is 20.2 Å². The third-order valence-corrected chi connectivity index (χ3v) is 9.53. The lowest BCUT2D eigenvalue weighted by Crippen LogP contribution is -2.44. The normalized spacial score (nSPS) is 18.0. The molecule has 0 unspecified atom stereocenters. The molecule has 13 heteroatoms. The number of carbonyl (C=O) groups is 2. The highest BCUT2D eigenvalue weighted by atomic mass is 35.5. The zero-order chi connectivity index (χ0) is 34.7. The minimum Gasteiger partial charge on any atom is -0.494 e. The number of amides is 2. The van der Waals surface area contributed by atoms with Gasteiger partial charge in [0.2, 0.25) is 5.91 Å². The highest BCUT2D eigenvalue weighted by molar-refractivity contribution is 6.31. The summed E-state index contributed by atoms with van der Waals surface area (Å²) in [6.07, 6.45) is 3.96. The maximum Gasteiger partial charge on any atom is 0.251 e. The van der Waals surface area contributed by atoms with Gasteiger partial charge in [-0.15, -0.1) is 0 Å². The van der Waals surface area contributed by atoms with Gasteiger partial charge in [-0.1, -0.05) is 41.9 Å². The molecule has 0 spiro atoms. The maximum atomic E-state index is 15.4. The summed E-state index contributed by atoms with van der Waals surface area (Å²) in [5.74, 6) is -2.33. The average molecular weight is 688 g/mol. The van der Waals surface area contributed by atoms with E-state index >= 15 is 4.39 Å². The van der Waals surface area contributed by atoms with Gasteiger partial charge in [-0.3, -0.25) is 14.3 Å². The number of hydrogen-bond donors (Lipinski definition) is 3. The predicted octanol–water partition coefficient (Wildman–Crippen LogP) is 5.44. The molecule has 3 N–H and O–H groups in total. The molecule has 0 bridgehead atoms. The molecule has 49 heavy (non-hydrogen) atoms. The van der Waals surface area contributed by atoms with E-state index < -0.39 is 34.5 Å². The molecule has 3 aromatic carbocycles. The number of hydrogen-bond acceptors (Lipinski definition) is 7. The molecule has 5 aromatic rings. The highest BCUT2D eigenvalue weighted by Crippen LogP contribution is 2.47. The van der Waals surface area contributed by atoms with Gasteiger partial charge >= 0.3 is 0 Å². The van der Waals surface area contributed by atoms with Crippen LogP contribution in [0.4, 0.5) is 8.78 Å². The Morgan fingerprint density at radius 2 is 1.90 bits per heavy atom. The number of nitrogens with one attached hydrogen (secondary N) is 2. The Kier molecular flexibility index (Phi) is 8.03. The first-order valence-corrected chi connectivity index (χ1v) is 16.0. The van der Waals surface area contributed by atoms with Crippen LogP contribution >= 0.6 is 11.6 Å². The third kappa shape index (κ3) is 5.54. The summed E-state index contributed by atoms with van der Waals surface area (Å²) in [5.41, 5.74) is -2.02. The first-order chi connectivity index (χ1) is 23.5. The van der Waals surface area contributed by atoms with Gasteiger partial charge in [0.15, 0.2) is 0 Å². The van der Waals surface area contributed by atoms with Crippen molar-refractivity contribution in [2.24, 2.45) is 0 Å². The molecule has 252 valence electrons. The van der Waals surface area contributed by atoms with Crippen LogP contribution in [0.2, 0.25) is 5.02 Å². The van der Waals surface area contributed by atoms with E-state index in [9.17, 15) is 19.1 Å². The molecule has 3 heterocycles. The largest absolute Gasteiger partial charge is 0.494 e. The second kappa shape index (κ2) is 12.1. The van der Waals surface area contributed by atoms with Crippen molar-refractivity contribution < 1.29 is 33.0 Å². The number of rotatable bonds is 9. The Balaban J connectivity index is 1.34. The van der Waals surface area contributed by atoms with Crippen LogP contribution in [0, 0.1) is 11.6 Å². The second-order valence-corrected chi connectivity index (χ2v) is 13.0. The van der Waals surface area contributed by atoms with E-state index in [4.69, 9.17) is 21.1 Å². The average Bonchev–Trinajstić information content (AvgIpc) is 3.78. The monoisotopic (exact) mass is 687 g/mol. The van der Waals surface area contributed by atoms with E-state index in [0.29, 0.717) is 34.5 Å². The topological polar surface area (TPSA) is 128 Å². The Labute approximate surface area is 285 Å². The molecule has 0 saturated heterocycles. The van der Waals surface area contributed by atoms with Gasteiger partial charge in [0.1, 0.15) is 52.0 Å². The standard InChI is InChI=1S/C36H32ClF2N5O5/c1-35(34(46)40-2)18-49-32-24(35)14-29(42-31(32)23-13-25(37)27(39)15-26(23)38)36(47,21-7-5-4-6-8-21)17-41-33(45)19-11-20-16-44(22-9-10-22)43-30(20)28(12-19)48-3/h4-8,11-16,22,47H,9-10,17-18H2,1-3H3,(H,40,46)(H,41,45)/t35-,36+/m0/s1. The lowest BCUT2D eigenvalue weighted by molar-refractivity contribution is -0.126. The summed E-state index contributed by atoms with van der Waals surface area (Å²) in [6, 6.07) is 15.4. The zero-order valence-electron chi connectivity index (χ0n) is 26.8. The third-order valence-electron chi connectivity index (χ3n) is 9.24. The quantitative estimate of drug-likeness (QED) is 0.176. The second-order valence-electron chi connectivity index (χ2n) is 12.5. The Morgan fingerprint density at radius 3 is 2.59 bits per heavy atom. The molecule has 2 amide bonds. The molecule has 1 aliphatic carbocycles. The summed E-state index contributed by atoms with van der Waals surface area (Å²) >= 11 is 6.08. The minimum atomic E-state index is -2.02. The van der Waals surface area contributed by atoms with Crippen molar-refractivity contribution in [2.75, 3.05) is 27.3 Å². The van der Waals surface area contributed by atoms with E-state index in [0.717, 1.165) is 24.3 Å². The maximum absolute atomic E-state index is 15.4.